The molecule has 0 atom stereocenters. The lowest BCUT2D eigenvalue weighted by Gasteiger charge is -2.03. The van der Waals surface area contributed by atoms with Crippen LogP contribution in [0, 0.1) is 10.1 Å². The number of benzene rings is 2. The van der Waals surface area contributed by atoms with Crippen molar-refractivity contribution in [3.05, 3.63) is 94.6 Å². The lowest BCUT2D eigenvalue weighted by atomic mass is 10.2. The number of nitrogens with two attached hydrogens (primary N) is 1. The zero-order chi connectivity index (χ0) is 22.9. The van der Waals surface area contributed by atoms with Gasteiger partial charge in [0, 0.05) is 6.20 Å². The SMILES string of the molecule is COc1ccc(Cn2cc(N)cn2)cc1.COc1ccc(Cn2cc([N+](=O)[O-])cn2)cc1. The third-order valence-electron chi connectivity index (χ3n) is 4.49. The maximum absolute atomic E-state index is 10.5. The Hall–Kier alpha value is -4.34. The molecule has 0 aliphatic heterocycles. The van der Waals surface area contributed by atoms with Gasteiger partial charge in [0.05, 0.1) is 44.1 Å². The van der Waals surface area contributed by atoms with Crippen LogP contribution in [0.15, 0.2) is 73.3 Å². The van der Waals surface area contributed by atoms with Crippen LogP contribution in [-0.2, 0) is 13.1 Å². The molecule has 2 aromatic heterocycles. The van der Waals surface area contributed by atoms with E-state index >= 15 is 0 Å². The molecular formula is C22H24N6O4. The minimum absolute atomic E-state index is 0.00138. The normalized spacial score (nSPS) is 10.2. The molecule has 4 rings (SSSR count). The molecule has 10 nitrogen and oxygen atoms in total. The molecule has 0 bridgehead atoms. The summed E-state index contributed by atoms with van der Waals surface area (Å²) in [6, 6.07) is 15.4. The summed E-state index contributed by atoms with van der Waals surface area (Å²) in [4.78, 5) is 10.0. The molecule has 2 heterocycles. The van der Waals surface area contributed by atoms with Crippen LogP contribution < -0.4 is 15.2 Å². The minimum atomic E-state index is -0.461. The number of anilines is 1. The number of aromatic nitrogens is 4. The summed E-state index contributed by atoms with van der Waals surface area (Å²) in [7, 11) is 3.26. The molecule has 166 valence electrons. The number of hydrogen-bond donors (Lipinski definition) is 1. The van der Waals surface area contributed by atoms with Crippen molar-refractivity contribution in [3.63, 3.8) is 0 Å². The predicted molar refractivity (Wildman–Crippen MR) is 120 cm³/mol. The van der Waals surface area contributed by atoms with Gasteiger partial charge in [0.1, 0.15) is 23.9 Å². The van der Waals surface area contributed by atoms with Crippen LogP contribution in [0.5, 0.6) is 11.5 Å². The van der Waals surface area contributed by atoms with E-state index in [4.69, 9.17) is 15.2 Å². The number of nitrogens with zero attached hydrogens (tertiary/aromatic N) is 5. The largest absolute Gasteiger partial charge is 0.497 e. The first kappa shape index (κ1) is 22.3. The van der Waals surface area contributed by atoms with Gasteiger partial charge in [0.2, 0.25) is 0 Å². The molecule has 10 heteroatoms. The van der Waals surface area contributed by atoms with Crippen LogP contribution in [0.25, 0.3) is 0 Å². The first-order valence-electron chi connectivity index (χ1n) is 9.67. The van der Waals surface area contributed by atoms with Crippen molar-refractivity contribution in [2.24, 2.45) is 0 Å². The van der Waals surface area contributed by atoms with Crippen LogP contribution >= 0.6 is 0 Å². The summed E-state index contributed by atoms with van der Waals surface area (Å²) in [6.45, 7) is 1.22. The van der Waals surface area contributed by atoms with Gasteiger partial charge >= 0.3 is 5.69 Å². The third kappa shape index (κ3) is 6.33. The van der Waals surface area contributed by atoms with Crippen molar-refractivity contribution in [3.8, 4) is 11.5 Å². The van der Waals surface area contributed by atoms with Crippen molar-refractivity contribution in [2.75, 3.05) is 20.0 Å². The van der Waals surface area contributed by atoms with E-state index in [1.165, 1.54) is 22.6 Å². The zero-order valence-electron chi connectivity index (χ0n) is 17.8. The fourth-order valence-electron chi connectivity index (χ4n) is 2.84. The van der Waals surface area contributed by atoms with E-state index in [1.54, 1.807) is 25.1 Å². The molecule has 2 N–H and O–H groups in total. The van der Waals surface area contributed by atoms with Gasteiger partial charge in [-0.25, -0.2) is 0 Å². The molecule has 32 heavy (non-hydrogen) atoms. The molecule has 0 saturated heterocycles. The minimum Gasteiger partial charge on any atom is -0.497 e. The number of nitrogen functional groups attached to an aromatic ring is 1. The maximum Gasteiger partial charge on any atom is 0.307 e. The van der Waals surface area contributed by atoms with E-state index < -0.39 is 4.92 Å². The molecule has 0 unspecified atom stereocenters. The summed E-state index contributed by atoms with van der Waals surface area (Å²) in [6.07, 6.45) is 6.10. The number of ether oxygens (including phenoxy) is 2. The van der Waals surface area contributed by atoms with Gasteiger partial charge < -0.3 is 15.2 Å². The zero-order valence-corrected chi connectivity index (χ0v) is 17.8. The smallest absolute Gasteiger partial charge is 0.307 e. The van der Waals surface area contributed by atoms with E-state index in [2.05, 4.69) is 10.2 Å². The van der Waals surface area contributed by atoms with Gasteiger partial charge in [-0.1, -0.05) is 24.3 Å². The quantitative estimate of drug-likeness (QED) is 0.348. The van der Waals surface area contributed by atoms with E-state index in [9.17, 15) is 10.1 Å². The molecule has 0 aliphatic rings. The average molecular weight is 436 g/mol. The van der Waals surface area contributed by atoms with Crippen molar-refractivity contribution in [1.29, 1.82) is 0 Å². The Morgan fingerprint density at radius 2 is 1.31 bits per heavy atom. The van der Waals surface area contributed by atoms with Crippen molar-refractivity contribution in [1.82, 2.24) is 19.6 Å². The van der Waals surface area contributed by atoms with E-state index in [1.807, 2.05) is 54.7 Å². The molecule has 0 aliphatic carbocycles. The Morgan fingerprint density at radius 1 is 0.844 bits per heavy atom. The van der Waals surface area contributed by atoms with Crippen LogP contribution in [0.4, 0.5) is 11.4 Å². The highest BCUT2D eigenvalue weighted by molar-refractivity contribution is 5.32. The number of methoxy groups -OCH3 is 2. The van der Waals surface area contributed by atoms with Crippen LogP contribution in [0.3, 0.4) is 0 Å². The molecule has 0 fully saturated rings. The molecule has 0 amide bonds. The fourth-order valence-corrected chi connectivity index (χ4v) is 2.84. The average Bonchev–Trinajstić information content (AvgIpc) is 3.44. The molecule has 0 saturated carbocycles. The van der Waals surface area contributed by atoms with Crippen molar-refractivity contribution < 1.29 is 14.4 Å². The molecule has 0 spiro atoms. The van der Waals surface area contributed by atoms with Crippen molar-refractivity contribution in [2.45, 2.75) is 13.1 Å². The molecule has 0 radical (unpaired) electrons. The standard InChI is InChI=1S/C11H11N3O3.C11H13N3O/c1-17-11-4-2-9(3-5-11)7-13-8-10(6-12-13)14(15)16;1-15-11-4-2-9(3-5-11)7-14-8-10(12)6-13-14/h2-6,8H,7H2,1H3;2-6,8H,7,12H2,1H3. The summed E-state index contributed by atoms with van der Waals surface area (Å²) in [5.74, 6) is 1.64. The Bertz CT molecular complexity index is 1140. The third-order valence-corrected chi connectivity index (χ3v) is 4.49. The van der Waals surface area contributed by atoms with Gasteiger partial charge in [-0.2, -0.15) is 10.2 Å². The van der Waals surface area contributed by atoms with Gasteiger partial charge in [0.25, 0.3) is 0 Å². The van der Waals surface area contributed by atoms with Gasteiger partial charge in [-0.15, -0.1) is 0 Å². The maximum atomic E-state index is 10.5. The second kappa shape index (κ2) is 10.6. The number of nitro groups is 1. The number of rotatable bonds is 7. The van der Waals surface area contributed by atoms with E-state index in [0.717, 1.165) is 23.6 Å². The highest BCUT2D eigenvalue weighted by Gasteiger charge is 2.08. The van der Waals surface area contributed by atoms with Gasteiger partial charge in [0.15, 0.2) is 0 Å². The predicted octanol–water partition coefficient (Wildman–Crippen LogP) is 3.37. The molecule has 4 aromatic rings. The van der Waals surface area contributed by atoms with Crippen LogP contribution in [-0.4, -0.2) is 38.7 Å². The summed E-state index contributed by atoms with van der Waals surface area (Å²) in [5, 5.41) is 18.5. The lowest BCUT2D eigenvalue weighted by molar-refractivity contribution is -0.385. The van der Waals surface area contributed by atoms with Gasteiger partial charge in [-0.05, 0) is 35.4 Å². The highest BCUT2D eigenvalue weighted by atomic mass is 16.6. The van der Waals surface area contributed by atoms with Crippen molar-refractivity contribution >= 4 is 11.4 Å². The second-order valence-corrected chi connectivity index (χ2v) is 6.82. The van der Waals surface area contributed by atoms with E-state index in [-0.39, 0.29) is 5.69 Å². The first-order valence-corrected chi connectivity index (χ1v) is 9.67. The lowest BCUT2D eigenvalue weighted by Crippen LogP contribution is -1.99. The summed E-state index contributed by atoms with van der Waals surface area (Å²) in [5.41, 5.74) is 8.43. The monoisotopic (exact) mass is 436 g/mol. The first-order chi connectivity index (χ1) is 15.5. The summed E-state index contributed by atoms with van der Waals surface area (Å²) >= 11 is 0. The topological polar surface area (TPSA) is 123 Å². The Morgan fingerprint density at radius 3 is 1.69 bits per heavy atom. The van der Waals surface area contributed by atoms with E-state index in [0.29, 0.717) is 12.2 Å². The van der Waals surface area contributed by atoms with Gasteiger partial charge in [-0.3, -0.25) is 19.5 Å². The highest BCUT2D eigenvalue weighted by Crippen LogP contribution is 2.14. The van der Waals surface area contributed by atoms with Crippen LogP contribution in [0.2, 0.25) is 0 Å². The van der Waals surface area contributed by atoms with Crippen LogP contribution in [0.1, 0.15) is 11.1 Å². The molecule has 2 aromatic carbocycles. The Kier molecular flexibility index (Phi) is 7.42. The molecular weight excluding hydrogens is 412 g/mol. The fraction of sp³-hybridized carbons (Fsp3) is 0.182. The Labute approximate surface area is 185 Å². The number of hydrogen-bond acceptors (Lipinski definition) is 7. The Balaban J connectivity index is 0.000000182. The second-order valence-electron chi connectivity index (χ2n) is 6.82. The summed E-state index contributed by atoms with van der Waals surface area (Å²) < 4.78 is 13.5.